The van der Waals surface area contributed by atoms with Gasteiger partial charge in [0.1, 0.15) is 0 Å². The highest BCUT2D eigenvalue weighted by atomic mass is 35.5. The van der Waals surface area contributed by atoms with Gasteiger partial charge in [0.2, 0.25) is 5.91 Å². The molecule has 1 aromatic carbocycles. The molecule has 0 saturated carbocycles. The number of piperidine rings is 1. The van der Waals surface area contributed by atoms with Crippen LogP contribution in [0.2, 0.25) is 5.02 Å². The number of carboxylic acid groups (broad SMARTS) is 1. The highest BCUT2D eigenvalue weighted by Crippen LogP contribution is 2.19. The molecule has 1 aliphatic heterocycles. The molecule has 24 heavy (non-hydrogen) atoms. The number of hydrogen-bond acceptors (Lipinski definition) is 3. The Balaban J connectivity index is 1.94. The molecule has 0 aliphatic carbocycles. The number of aliphatic carboxylic acids is 1. The number of carbonyl (C=O) groups is 3. The van der Waals surface area contributed by atoms with E-state index in [2.05, 4.69) is 0 Å². The third-order valence-corrected chi connectivity index (χ3v) is 4.57. The molecule has 2 amide bonds. The van der Waals surface area contributed by atoms with Crippen molar-refractivity contribution in [3.05, 3.63) is 34.3 Å². The van der Waals surface area contributed by atoms with Crippen LogP contribution >= 0.6 is 11.6 Å². The molecule has 130 valence electrons. The van der Waals surface area contributed by atoms with Crippen molar-refractivity contribution in [2.45, 2.75) is 19.8 Å². The lowest BCUT2D eigenvalue weighted by atomic mass is 9.97. The second kappa shape index (κ2) is 7.66. The van der Waals surface area contributed by atoms with Crippen molar-refractivity contribution in [1.29, 1.82) is 0 Å². The maximum atomic E-state index is 12.5. The normalized spacial score (nSPS) is 15.2. The Morgan fingerprint density at radius 3 is 2.46 bits per heavy atom. The van der Waals surface area contributed by atoms with Crippen molar-refractivity contribution in [2.24, 2.45) is 5.92 Å². The molecular formula is C17H21ClN2O4. The quantitative estimate of drug-likeness (QED) is 0.899. The number of amides is 2. The molecule has 2 rings (SSSR count). The molecule has 0 radical (unpaired) electrons. The Kier molecular flexibility index (Phi) is 5.83. The van der Waals surface area contributed by atoms with Gasteiger partial charge in [-0.1, -0.05) is 11.6 Å². The topological polar surface area (TPSA) is 77.9 Å². The highest BCUT2D eigenvalue weighted by Gasteiger charge is 2.28. The van der Waals surface area contributed by atoms with Crippen molar-refractivity contribution in [3.63, 3.8) is 0 Å². The summed E-state index contributed by atoms with van der Waals surface area (Å²) in [6, 6.07) is 5.01. The first kappa shape index (κ1) is 18.3. The fourth-order valence-electron chi connectivity index (χ4n) is 2.82. The van der Waals surface area contributed by atoms with Gasteiger partial charge in [-0.05, 0) is 43.5 Å². The van der Waals surface area contributed by atoms with E-state index in [0.29, 0.717) is 36.5 Å². The number of aryl methyl sites for hydroxylation is 1. The van der Waals surface area contributed by atoms with Crippen LogP contribution in [0.1, 0.15) is 28.8 Å². The van der Waals surface area contributed by atoms with Gasteiger partial charge in [-0.2, -0.15) is 0 Å². The summed E-state index contributed by atoms with van der Waals surface area (Å²) in [4.78, 5) is 38.7. The number of rotatable bonds is 4. The van der Waals surface area contributed by atoms with E-state index in [-0.39, 0.29) is 24.3 Å². The van der Waals surface area contributed by atoms with E-state index in [1.165, 1.54) is 4.90 Å². The van der Waals surface area contributed by atoms with E-state index in [1.54, 1.807) is 37.1 Å². The molecule has 0 spiro atoms. The van der Waals surface area contributed by atoms with Crippen LogP contribution in [0.15, 0.2) is 18.2 Å². The SMILES string of the molecule is Cc1cc(Cl)ccc1C(=O)N(C)CC(=O)N1CCC(C(=O)O)CC1. The second-order valence-electron chi connectivity index (χ2n) is 6.11. The number of nitrogens with zero attached hydrogens (tertiary/aromatic N) is 2. The monoisotopic (exact) mass is 352 g/mol. The fraction of sp³-hybridized carbons (Fsp3) is 0.471. The Morgan fingerprint density at radius 2 is 1.92 bits per heavy atom. The fourth-order valence-corrected chi connectivity index (χ4v) is 3.05. The first-order valence-electron chi connectivity index (χ1n) is 7.81. The van der Waals surface area contributed by atoms with Crippen molar-refractivity contribution < 1.29 is 19.5 Å². The third-order valence-electron chi connectivity index (χ3n) is 4.33. The maximum Gasteiger partial charge on any atom is 0.306 e. The van der Waals surface area contributed by atoms with Crippen molar-refractivity contribution >= 4 is 29.4 Å². The van der Waals surface area contributed by atoms with E-state index >= 15 is 0 Å². The van der Waals surface area contributed by atoms with Gasteiger partial charge in [0.25, 0.3) is 5.91 Å². The van der Waals surface area contributed by atoms with Gasteiger partial charge in [-0.15, -0.1) is 0 Å². The molecule has 0 aromatic heterocycles. The molecule has 0 unspecified atom stereocenters. The molecule has 1 saturated heterocycles. The predicted octanol–water partition coefficient (Wildman–Crippen LogP) is 2.04. The summed E-state index contributed by atoms with van der Waals surface area (Å²) < 4.78 is 0. The standard InChI is InChI=1S/C17H21ClN2O4/c1-11-9-13(18)3-4-14(11)16(22)19(2)10-15(21)20-7-5-12(6-8-20)17(23)24/h3-4,9,12H,5-8,10H2,1-2H3,(H,23,24). The molecule has 7 heteroatoms. The Labute approximate surface area is 146 Å². The van der Waals surface area contributed by atoms with E-state index in [0.717, 1.165) is 5.56 Å². The van der Waals surface area contributed by atoms with Crippen LogP contribution in [-0.2, 0) is 9.59 Å². The summed E-state index contributed by atoms with van der Waals surface area (Å²) in [6.45, 7) is 2.60. The highest BCUT2D eigenvalue weighted by molar-refractivity contribution is 6.30. The number of hydrogen-bond donors (Lipinski definition) is 1. The summed E-state index contributed by atoms with van der Waals surface area (Å²) in [6.07, 6.45) is 0.907. The van der Waals surface area contributed by atoms with Gasteiger partial charge in [0.05, 0.1) is 12.5 Å². The average Bonchev–Trinajstić information content (AvgIpc) is 2.54. The molecule has 6 nitrogen and oxygen atoms in total. The average molecular weight is 353 g/mol. The summed E-state index contributed by atoms with van der Waals surface area (Å²) >= 11 is 5.89. The number of carboxylic acids is 1. The molecule has 1 heterocycles. The molecule has 0 bridgehead atoms. The maximum absolute atomic E-state index is 12.5. The predicted molar refractivity (Wildman–Crippen MR) is 90.1 cm³/mol. The van der Waals surface area contributed by atoms with Crippen LogP contribution in [0, 0.1) is 12.8 Å². The molecule has 1 aromatic rings. The van der Waals surface area contributed by atoms with E-state index < -0.39 is 5.97 Å². The van der Waals surface area contributed by atoms with Crippen LogP contribution in [-0.4, -0.2) is 59.4 Å². The smallest absolute Gasteiger partial charge is 0.306 e. The Bertz CT molecular complexity index is 654. The number of likely N-dealkylation sites (N-methyl/N-ethyl adjacent to an activating group) is 1. The van der Waals surface area contributed by atoms with Crippen LogP contribution < -0.4 is 0 Å². The first-order chi connectivity index (χ1) is 11.3. The number of benzene rings is 1. The van der Waals surface area contributed by atoms with Gasteiger partial charge >= 0.3 is 5.97 Å². The van der Waals surface area contributed by atoms with Crippen molar-refractivity contribution in [1.82, 2.24) is 9.80 Å². The summed E-state index contributed by atoms with van der Waals surface area (Å²) in [5.41, 5.74) is 1.27. The summed E-state index contributed by atoms with van der Waals surface area (Å²) in [5.74, 6) is -1.60. The molecular weight excluding hydrogens is 332 g/mol. The number of carbonyl (C=O) groups excluding carboxylic acids is 2. The van der Waals surface area contributed by atoms with Gasteiger partial charge in [-0.25, -0.2) is 0 Å². The third kappa shape index (κ3) is 4.26. The molecule has 1 fully saturated rings. The zero-order valence-electron chi connectivity index (χ0n) is 13.8. The molecule has 1 N–H and O–H groups in total. The van der Waals surface area contributed by atoms with E-state index in [1.807, 2.05) is 0 Å². The summed E-state index contributed by atoms with van der Waals surface area (Å²) in [7, 11) is 1.58. The van der Waals surface area contributed by atoms with E-state index in [4.69, 9.17) is 16.7 Å². The van der Waals surface area contributed by atoms with Crippen LogP contribution in [0.25, 0.3) is 0 Å². The Hall–Kier alpha value is -2.08. The van der Waals surface area contributed by atoms with Crippen LogP contribution in [0.4, 0.5) is 0 Å². The lowest BCUT2D eigenvalue weighted by molar-refractivity contribution is -0.145. The molecule has 0 atom stereocenters. The lowest BCUT2D eigenvalue weighted by Crippen LogP contribution is -2.45. The van der Waals surface area contributed by atoms with Gasteiger partial charge in [-0.3, -0.25) is 14.4 Å². The van der Waals surface area contributed by atoms with Crippen LogP contribution in [0.3, 0.4) is 0 Å². The second-order valence-corrected chi connectivity index (χ2v) is 6.55. The number of halogens is 1. The number of likely N-dealkylation sites (tertiary alicyclic amines) is 1. The van der Waals surface area contributed by atoms with E-state index in [9.17, 15) is 14.4 Å². The van der Waals surface area contributed by atoms with Gasteiger partial charge in [0.15, 0.2) is 0 Å². The van der Waals surface area contributed by atoms with Crippen LogP contribution in [0.5, 0.6) is 0 Å². The zero-order valence-corrected chi connectivity index (χ0v) is 14.5. The van der Waals surface area contributed by atoms with Crippen molar-refractivity contribution in [2.75, 3.05) is 26.7 Å². The zero-order chi connectivity index (χ0) is 17.9. The van der Waals surface area contributed by atoms with Crippen molar-refractivity contribution in [3.8, 4) is 0 Å². The minimum absolute atomic E-state index is 0.0291. The van der Waals surface area contributed by atoms with Gasteiger partial charge in [0, 0.05) is 30.7 Å². The lowest BCUT2D eigenvalue weighted by Gasteiger charge is -2.31. The minimum atomic E-state index is -0.812. The first-order valence-corrected chi connectivity index (χ1v) is 8.19. The van der Waals surface area contributed by atoms with Gasteiger partial charge < -0.3 is 14.9 Å². The summed E-state index contributed by atoms with van der Waals surface area (Å²) in [5, 5.41) is 9.55. The largest absolute Gasteiger partial charge is 0.481 e. The Morgan fingerprint density at radius 1 is 1.29 bits per heavy atom. The molecule has 1 aliphatic rings. The minimum Gasteiger partial charge on any atom is -0.481 e.